The van der Waals surface area contributed by atoms with E-state index in [4.69, 9.17) is 11.6 Å². The summed E-state index contributed by atoms with van der Waals surface area (Å²) >= 11 is 5.92. The number of carbonyl (C=O) groups excluding carboxylic acids is 1. The van der Waals surface area contributed by atoms with Gasteiger partial charge in [0.15, 0.2) is 0 Å². The molecule has 0 atom stereocenters. The van der Waals surface area contributed by atoms with E-state index in [-0.39, 0.29) is 12.3 Å². The standard InChI is InChI=1S/C23H19ClN4O3/c1-27-18-5-3-4-15(21(18)22(30)28(2)23(27)31)12-20(29)26-19-11-8-16(13-25-19)14-6-9-17(24)10-7-14/h3-11,13H,12H2,1-2H3,(H,25,26,29). The second-order valence-electron chi connectivity index (χ2n) is 7.18. The van der Waals surface area contributed by atoms with Crippen LogP contribution in [0.25, 0.3) is 22.0 Å². The number of rotatable bonds is 4. The first-order valence-electron chi connectivity index (χ1n) is 9.54. The molecule has 0 bridgehead atoms. The number of anilines is 1. The average Bonchev–Trinajstić information content (AvgIpc) is 2.77. The summed E-state index contributed by atoms with van der Waals surface area (Å²) in [5.74, 6) is 0.0957. The van der Waals surface area contributed by atoms with Crippen LogP contribution < -0.4 is 16.6 Å². The van der Waals surface area contributed by atoms with Crippen LogP contribution in [0.4, 0.5) is 5.82 Å². The molecule has 4 aromatic rings. The quantitative estimate of drug-likeness (QED) is 0.534. The van der Waals surface area contributed by atoms with Gasteiger partial charge < -0.3 is 5.32 Å². The smallest absolute Gasteiger partial charge is 0.310 e. The molecule has 0 spiro atoms. The van der Waals surface area contributed by atoms with Gasteiger partial charge in [0.1, 0.15) is 5.82 Å². The van der Waals surface area contributed by atoms with E-state index >= 15 is 0 Å². The number of benzene rings is 2. The molecule has 0 unspecified atom stereocenters. The van der Waals surface area contributed by atoms with Gasteiger partial charge in [-0.15, -0.1) is 0 Å². The lowest BCUT2D eigenvalue weighted by Crippen LogP contribution is -2.37. The molecule has 1 N–H and O–H groups in total. The lowest BCUT2D eigenvalue weighted by molar-refractivity contribution is -0.115. The predicted molar refractivity (Wildman–Crippen MR) is 121 cm³/mol. The first kappa shape index (κ1) is 20.6. The van der Waals surface area contributed by atoms with Crippen LogP contribution in [-0.4, -0.2) is 20.0 Å². The number of nitrogens with one attached hydrogen (secondary N) is 1. The number of fused-ring (bicyclic) bond motifs is 1. The highest BCUT2D eigenvalue weighted by Crippen LogP contribution is 2.22. The summed E-state index contributed by atoms with van der Waals surface area (Å²) in [6.45, 7) is 0. The van der Waals surface area contributed by atoms with E-state index in [2.05, 4.69) is 10.3 Å². The van der Waals surface area contributed by atoms with Crippen LogP contribution >= 0.6 is 11.6 Å². The third kappa shape index (κ3) is 4.00. The molecule has 2 heterocycles. The van der Waals surface area contributed by atoms with E-state index in [0.29, 0.717) is 27.3 Å². The fourth-order valence-corrected chi connectivity index (χ4v) is 3.61. The molecule has 0 saturated carbocycles. The van der Waals surface area contributed by atoms with Gasteiger partial charge in [0, 0.05) is 30.9 Å². The third-order valence-corrected chi connectivity index (χ3v) is 5.39. The number of halogens is 1. The van der Waals surface area contributed by atoms with Gasteiger partial charge in [-0.05, 0) is 41.5 Å². The van der Waals surface area contributed by atoms with Crippen LogP contribution in [0.15, 0.2) is 70.4 Å². The lowest BCUT2D eigenvalue weighted by atomic mass is 10.1. The normalized spacial score (nSPS) is 10.9. The molecule has 4 rings (SSSR count). The van der Waals surface area contributed by atoms with Crippen LogP contribution in [0.1, 0.15) is 5.56 Å². The lowest BCUT2D eigenvalue weighted by Gasteiger charge is -2.11. The second kappa shape index (κ2) is 8.20. The number of nitrogens with zero attached hydrogens (tertiary/aromatic N) is 3. The maximum atomic E-state index is 12.7. The highest BCUT2D eigenvalue weighted by atomic mass is 35.5. The van der Waals surface area contributed by atoms with Crippen LogP contribution in [0.3, 0.4) is 0 Å². The van der Waals surface area contributed by atoms with Gasteiger partial charge in [0.05, 0.1) is 17.3 Å². The molecule has 0 aliphatic rings. The Hall–Kier alpha value is -3.71. The van der Waals surface area contributed by atoms with Gasteiger partial charge >= 0.3 is 5.69 Å². The highest BCUT2D eigenvalue weighted by Gasteiger charge is 2.15. The third-order valence-electron chi connectivity index (χ3n) is 5.14. The van der Waals surface area contributed by atoms with Gasteiger partial charge in [-0.2, -0.15) is 0 Å². The topological polar surface area (TPSA) is 86.0 Å². The Morgan fingerprint density at radius 3 is 2.35 bits per heavy atom. The van der Waals surface area contributed by atoms with Crippen molar-refractivity contribution in [3.05, 3.63) is 92.2 Å². The molecule has 7 nitrogen and oxygen atoms in total. The van der Waals surface area contributed by atoms with Crippen molar-refractivity contribution in [3.8, 4) is 11.1 Å². The Kier molecular flexibility index (Phi) is 5.44. The van der Waals surface area contributed by atoms with E-state index in [1.165, 1.54) is 11.6 Å². The summed E-state index contributed by atoms with van der Waals surface area (Å²) in [6, 6.07) is 16.1. The van der Waals surface area contributed by atoms with Crippen LogP contribution in [0.2, 0.25) is 5.02 Å². The SMILES string of the molecule is Cn1c(=O)c2c(CC(=O)Nc3ccc(-c4ccc(Cl)cc4)cn3)cccc2n(C)c1=O. The molecular formula is C23H19ClN4O3. The Bertz CT molecular complexity index is 1400. The van der Waals surface area contributed by atoms with E-state index < -0.39 is 11.2 Å². The maximum Gasteiger partial charge on any atom is 0.330 e. The molecular weight excluding hydrogens is 416 g/mol. The summed E-state index contributed by atoms with van der Waals surface area (Å²) in [4.78, 5) is 41.7. The van der Waals surface area contributed by atoms with Gasteiger partial charge in [0.2, 0.25) is 5.91 Å². The molecule has 0 fully saturated rings. The van der Waals surface area contributed by atoms with Crippen molar-refractivity contribution in [2.45, 2.75) is 6.42 Å². The fraction of sp³-hybridized carbons (Fsp3) is 0.130. The Morgan fingerprint density at radius 2 is 1.68 bits per heavy atom. The number of hydrogen-bond acceptors (Lipinski definition) is 4. The maximum absolute atomic E-state index is 12.7. The molecule has 2 aromatic carbocycles. The van der Waals surface area contributed by atoms with Crippen molar-refractivity contribution >= 4 is 34.2 Å². The van der Waals surface area contributed by atoms with Crippen molar-refractivity contribution in [3.63, 3.8) is 0 Å². The predicted octanol–water partition coefficient (Wildman–Crippen LogP) is 3.13. The molecule has 0 aliphatic heterocycles. The van der Waals surface area contributed by atoms with Crippen LogP contribution in [-0.2, 0) is 25.3 Å². The van der Waals surface area contributed by atoms with E-state index in [0.717, 1.165) is 15.7 Å². The Balaban J connectivity index is 1.57. The summed E-state index contributed by atoms with van der Waals surface area (Å²) in [7, 11) is 3.02. The van der Waals surface area contributed by atoms with Crippen molar-refractivity contribution in [2.75, 3.05) is 5.32 Å². The van der Waals surface area contributed by atoms with Gasteiger partial charge in [-0.3, -0.25) is 18.7 Å². The van der Waals surface area contributed by atoms with Gasteiger partial charge in [-0.1, -0.05) is 35.9 Å². The highest BCUT2D eigenvalue weighted by molar-refractivity contribution is 6.30. The number of pyridine rings is 1. The molecule has 2 aromatic heterocycles. The summed E-state index contributed by atoms with van der Waals surface area (Å²) in [5.41, 5.74) is 2.06. The fourth-order valence-electron chi connectivity index (χ4n) is 3.48. The zero-order valence-corrected chi connectivity index (χ0v) is 17.7. The minimum atomic E-state index is -0.424. The molecule has 0 aliphatic carbocycles. The molecule has 0 radical (unpaired) electrons. The number of carbonyl (C=O) groups is 1. The summed E-state index contributed by atoms with van der Waals surface area (Å²) in [5, 5.41) is 3.77. The summed E-state index contributed by atoms with van der Waals surface area (Å²) < 4.78 is 2.44. The first-order chi connectivity index (χ1) is 14.8. The van der Waals surface area contributed by atoms with Gasteiger partial charge in [0.25, 0.3) is 5.56 Å². The zero-order valence-electron chi connectivity index (χ0n) is 16.9. The summed E-state index contributed by atoms with van der Waals surface area (Å²) in [6.07, 6.45) is 1.65. The van der Waals surface area contributed by atoms with Crippen LogP contribution in [0.5, 0.6) is 0 Å². The Morgan fingerprint density at radius 1 is 0.968 bits per heavy atom. The van der Waals surface area contributed by atoms with Crippen molar-refractivity contribution in [1.29, 1.82) is 0 Å². The minimum absolute atomic E-state index is 0.0224. The van der Waals surface area contributed by atoms with Crippen molar-refractivity contribution in [1.82, 2.24) is 14.1 Å². The molecule has 0 saturated heterocycles. The van der Waals surface area contributed by atoms with Crippen LogP contribution in [0, 0.1) is 0 Å². The first-order valence-corrected chi connectivity index (χ1v) is 9.92. The zero-order chi connectivity index (χ0) is 22.1. The molecule has 8 heteroatoms. The second-order valence-corrected chi connectivity index (χ2v) is 7.62. The molecule has 156 valence electrons. The van der Waals surface area contributed by atoms with Crippen molar-refractivity contribution in [2.24, 2.45) is 14.1 Å². The number of amides is 1. The van der Waals surface area contributed by atoms with Crippen molar-refractivity contribution < 1.29 is 4.79 Å². The van der Waals surface area contributed by atoms with E-state index in [1.807, 2.05) is 18.2 Å². The monoisotopic (exact) mass is 434 g/mol. The number of hydrogen-bond donors (Lipinski definition) is 1. The largest absolute Gasteiger partial charge is 0.330 e. The van der Waals surface area contributed by atoms with Gasteiger partial charge in [-0.25, -0.2) is 9.78 Å². The number of aryl methyl sites for hydroxylation is 1. The Labute approximate surface area is 182 Å². The average molecular weight is 435 g/mol. The van der Waals surface area contributed by atoms with E-state index in [1.54, 1.807) is 49.6 Å². The minimum Gasteiger partial charge on any atom is -0.310 e. The number of aromatic nitrogens is 3. The van der Waals surface area contributed by atoms with E-state index in [9.17, 15) is 14.4 Å². The molecule has 31 heavy (non-hydrogen) atoms. The molecule has 1 amide bonds.